The molecule has 0 spiro atoms. The number of nitrogens with zero attached hydrogens (tertiary/aromatic N) is 3. The monoisotopic (exact) mass is 335 g/mol. The molecule has 140 valence electrons. The van der Waals surface area contributed by atoms with Crippen molar-refractivity contribution in [1.29, 1.82) is 0 Å². The summed E-state index contributed by atoms with van der Waals surface area (Å²) in [5, 5.41) is 0. The lowest BCUT2D eigenvalue weighted by Crippen LogP contribution is -1.85. The Kier molecular flexibility index (Phi) is 32.8. The van der Waals surface area contributed by atoms with E-state index in [9.17, 15) is 0 Å². The van der Waals surface area contributed by atoms with Gasteiger partial charge in [-0.2, -0.15) is 0 Å². The van der Waals surface area contributed by atoms with Crippen LogP contribution in [0.2, 0.25) is 0 Å². The van der Waals surface area contributed by atoms with Gasteiger partial charge in [0.1, 0.15) is 6.33 Å². The molecular formula is C21H41N3. The summed E-state index contributed by atoms with van der Waals surface area (Å²) in [6, 6.07) is 4.00. The third-order valence-electron chi connectivity index (χ3n) is 2.43. The minimum Gasteiger partial charge on any atom is -0.261 e. The number of aryl methyl sites for hydroxylation is 4. The average Bonchev–Trinajstić information content (AvgIpc) is 2.67. The van der Waals surface area contributed by atoms with Crippen LogP contribution >= 0.6 is 0 Å². The number of aromatic nitrogens is 3. The number of pyridine rings is 1. The van der Waals surface area contributed by atoms with Crippen LogP contribution in [0.1, 0.15) is 77.9 Å². The third kappa shape index (κ3) is 18.3. The highest BCUT2D eigenvalue weighted by Crippen LogP contribution is 1.98. The maximum absolute atomic E-state index is 4.08. The zero-order valence-corrected chi connectivity index (χ0v) is 18.2. The highest BCUT2D eigenvalue weighted by atomic mass is 14.8. The third-order valence-corrected chi connectivity index (χ3v) is 2.43. The van der Waals surface area contributed by atoms with Crippen molar-refractivity contribution >= 4 is 0 Å². The standard InChI is InChI=1S/C7H9N.C6H8N2.4C2H6/c1-6-4-3-5-8-7(6)2;1-5-3-7-4-8-6(5)2;4*1-2/h3-5H,1-2H3;3-4H,1-2H3;4*1-2H3. The summed E-state index contributed by atoms with van der Waals surface area (Å²) >= 11 is 0. The van der Waals surface area contributed by atoms with Gasteiger partial charge in [-0.25, -0.2) is 9.97 Å². The second-order valence-electron chi connectivity index (χ2n) is 3.70. The molecule has 0 saturated heterocycles. The first kappa shape index (κ1) is 30.1. The summed E-state index contributed by atoms with van der Waals surface area (Å²) in [6.07, 6.45) is 5.17. The van der Waals surface area contributed by atoms with Gasteiger partial charge in [0.05, 0.1) is 0 Å². The number of hydrogen-bond acceptors (Lipinski definition) is 3. The predicted molar refractivity (Wildman–Crippen MR) is 111 cm³/mol. The molecular weight excluding hydrogens is 294 g/mol. The second kappa shape index (κ2) is 26.1. The van der Waals surface area contributed by atoms with E-state index in [4.69, 9.17) is 0 Å². The van der Waals surface area contributed by atoms with E-state index >= 15 is 0 Å². The van der Waals surface area contributed by atoms with E-state index in [2.05, 4.69) is 27.9 Å². The van der Waals surface area contributed by atoms with Gasteiger partial charge in [0.25, 0.3) is 0 Å². The van der Waals surface area contributed by atoms with E-state index in [1.165, 1.54) is 5.56 Å². The Hall–Kier alpha value is -1.77. The van der Waals surface area contributed by atoms with Crippen molar-refractivity contribution in [2.75, 3.05) is 0 Å². The molecule has 0 aliphatic carbocycles. The minimum absolute atomic E-state index is 1.06. The average molecular weight is 336 g/mol. The van der Waals surface area contributed by atoms with Crippen molar-refractivity contribution in [2.45, 2.75) is 83.1 Å². The van der Waals surface area contributed by atoms with Crippen molar-refractivity contribution in [1.82, 2.24) is 15.0 Å². The smallest absolute Gasteiger partial charge is 0.115 e. The highest BCUT2D eigenvalue weighted by molar-refractivity contribution is 5.15. The van der Waals surface area contributed by atoms with Crippen LogP contribution in [0.5, 0.6) is 0 Å². The molecule has 0 unspecified atom stereocenters. The second-order valence-corrected chi connectivity index (χ2v) is 3.70. The topological polar surface area (TPSA) is 38.7 Å². The molecule has 2 aromatic heterocycles. The first-order valence-corrected chi connectivity index (χ1v) is 9.22. The van der Waals surface area contributed by atoms with Crippen molar-refractivity contribution < 1.29 is 0 Å². The molecule has 0 amide bonds. The summed E-state index contributed by atoms with van der Waals surface area (Å²) in [5.41, 5.74) is 4.58. The zero-order chi connectivity index (χ0) is 20.0. The fourth-order valence-electron chi connectivity index (χ4n) is 1.02. The van der Waals surface area contributed by atoms with Crippen LogP contribution in [0, 0.1) is 27.7 Å². The van der Waals surface area contributed by atoms with Gasteiger partial charge < -0.3 is 0 Å². The lowest BCUT2D eigenvalue weighted by atomic mass is 10.2. The fraction of sp³-hybridized carbons (Fsp3) is 0.571. The SMILES string of the molecule is CC.CC.CC.CC.Cc1cccnc1C.Cc1cncnc1C. The van der Waals surface area contributed by atoms with E-state index in [0.29, 0.717) is 0 Å². The van der Waals surface area contributed by atoms with Crippen LogP contribution < -0.4 is 0 Å². The van der Waals surface area contributed by atoms with E-state index < -0.39 is 0 Å². The quantitative estimate of drug-likeness (QED) is 0.525. The summed E-state index contributed by atoms with van der Waals surface area (Å²) in [5.74, 6) is 0. The maximum Gasteiger partial charge on any atom is 0.115 e. The van der Waals surface area contributed by atoms with Gasteiger partial charge in [0, 0.05) is 23.8 Å². The van der Waals surface area contributed by atoms with Crippen LogP contribution in [0.3, 0.4) is 0 Å². The molecule has 0 aliphatic rings. The molecule has 0 aliphatic heterocycles. The van der Waals surface area contributed by atoms with Gasteiger partial charge in [-0.3, -0.25) is 4.98 Å². The van der Waals surface area contributed by atoms with E-state index in [0.717, 1.165) is 17.0 Å². The van der Waals surface area contributed by atoms with Crippen molar-refractivity contribution in [3.05, 3.63) is 53.4 Å². The van der Waals surface area contributed by atoms with Crippen LogP contribution in [0.4, 0.5) is 0 Å². The molecule has 0 atom stereocenters. The normalized spacial score (nSPS) is 7.17. The molecule has 0 N–H and O–H groups in total. The van der Waals surface area contributed by atoms with Gasteiger partial charge in [0.15, 0.2) is 0 Å². The first-order valence-electron chi connectivity index (χ1n) is 9.22. The van der Waals surface area contributed by atoms with Gasteiger partial charge in [-0.05, 0) is 44.9 Å². The predicted octanol–water partition coefficient (Wildman–Crippen LogP) is 6.90. The van der Waals surface area contributed by atoms with Gasteiger partial charge in [-0.1, -0.05) is 61.5 Å². The summed E-state index contributed by atoms with van der Waals surface area (Å²) in [4.78, 5) is 11.9. The van der Waals surface area contributed by atoms with E-state index in [-0.39, 0.29) is 0 Å². The first-order chi connectivity index (χ1) is 11.6. The van der Waals surface area contributed by atoms with Crippen molar-refractivity contribution in [3.8, 4) is 0 Å². The van der Waals surface area contributed by atoms with Gasteiger partial charge in [-0.15, -0.1) is 0 Å². The molecule has 0 aromatic carbocycles. The summed E-state index contributed by atoms with van der Waals surface area (Å²) in [6.45, 7) is 24.0. The molecule has 2 rings (SSSR count). The zero-order valence-electron chi connectivity index (χ0n) is 18.2. The van der Waals surface area contributed by atoms with E-state index in [1.54, 1.807) is 6.33 Å². The highest BCUT2D eigenvalue weighted by Gasteiger charge is 1.87. The Balaban J connectivity index is -0.000000118. The Morgan fingerprint density at radius 1 is 0.625 bits per heavy atom. The molecule has 0 saturated carbocycles. The Morgan fingerprint density at radius 2 is 1.08 bits per heavy atom. The van der Waals surface area contributed by atoms with Gasteiger partial charge in [0.2, 0.25) is 0 Å². The van der Waals surface area contributed by atoms with Crippen LogP contribution in [-0.2, 0) is 0 Å². The summed E-state index contributed by atoms with van der Waals surface area (Å²) in [7, 11) is 0. The molecule has 3 heteroatoms. The number of hydrogen-bond donors (Lipinski definition) is 0. The Labute approximate surface area is 152 Å². The van der Waals surface area contributed by atoms with Crippen LogP contribution in [-0.4, -0.2) is 15.0 Å². The molecule has 3 nitrogen and oxygen atoms in total. The van der Waals surface area contributed by atoms with E-state index in [1.807, 2.05) is 94.6 Å². The largest absolute Gasteiger partial charge is 0.261 e. The molecule has 0 bridgehead atoms. The minimum atomic E-state index is 1.06. The van der Waals surface area contributed by atoms with Crippen molar-refractivity contribution in [3.63, 3.8) is 0 Å². The molecule has 0 radical (unpaired) electrons. The fourth-order valence-corrected chi connectivity index (χ4v) is 1.02. The molecule has 0 fully saturated rings. The van der Waals surface area contributed by atoms with Crippen LogP contribution in [0.15, 0.2) is 30.9 Å². The van der Waals surface area contributed by atoms with Crippen LogP contribution in [0.25, 0.3) is 0 Å². The lowest BCUT2D eigenvalue weighted by molar-refractivity contribution is 1.06. The Morgan fingerprint density at radius 3 is 1.33 bits per heavy atom. The summed E-state index contributed by atoms with van der Waals surface area (Å²) < 4.78 is 0. The molecule has 2 aromatic rings. The Bertz CT molecular complexity index is 369. The lowest BCUT2D eigenvalue weighted by Gasteiger charge is -1.92. The number of rotatable bonds is 0. The molecule has 2 heterocycles. The van der Waals surface area contributed by atoms with Crippen molar-refractivity contribution in [2.24, 2.45) is 0 Å². The van der Waals surface area contributed by atoms with Gasteiger partial charge >= 0.3 is 0 Å². The molecule has 24 heavy (non-hydrogen) atoms. The maximum atomic E-state index is 4.08.